The van der Waals surface area contributed by atoms with Crippen LogP contribution >= 0.6 is 0 Å². The van der Waals surface area contributed by atoms with Crippen LogP contribution in [0, 0.1) is 0 Å². The van der Waals surface area contributed by atoms with Gasteiger partial charge in [-0.25, -0.2) is 0 Å². The van der Waals surface area contributed by atoms with Crippen LogP contribution in [0.15, 0.2) is 91.0 Å². The number of fused-ring (bicyclic) bond motifs is 5. The van der Waals surface area contributed by atoms with E-state index < -0.39 is 0 Å². The van der Waals surface area contributed by atoms with Gasteiger partial charge in [0, 0.05) is 17.3 Å². The van der Waals surface area contributed by atoms with Crippen molar-refractivity contribution in [3.63, 3.8) is 0 Å². The minimum absolute atomic E-state index is 0.324. The average Bonchev–Trinajstić information content (AvgIpc) is 3.04. The second-order valence-electron chi connectivity index (χ2n) is 7.21. The third-order valence-corrected chi connectivity index (χ3v) is 7.05. The van der Waals surface area contributed by atoms with Gasteiger partial charge in [-0.15, -0.1) is 0 Å². The van der Waals surface area contributed by atoms with Gasteiger partial charge in [0.25, 0.3) is 0 Å². The highest BCUT2D eigenvalue weighted by Crippen LogP contribution is 2.48. The molecule has 4 aromatic carbocycles. The quantitative estimate of drug-likeness (QED) is 0.424. The number of hydrogen-bond donors (Lipinski definition) is 1. The maximum atomic E-state index is 3.66. The highest BCUT2D eigenvalue weighted by molar-refractivity contribution is 6.71. The molecule has 0 aromatic heterocycles. The first kappa shape index (κ1) is 15.0. The van der Waals surface area contributed by atoms with E-state index in [0.717, 1.165) is 0 Å². The predicted octanol–water partition coefficient (Wildman–Crippen LogP) is 4.56. The minimum Gasteiger partial charge on any atom is -0.356 e. The van der Waals surface area contributed by atoms with Crippen molar-refractivity contribution in [3.8, 4) is 11.1 Å². The fraction of sp³-hybridized carbons (Fsp3) is 0.0400. The summed E-state index contributed by atoms with van der Waals surface area (Å²) in [5.41, 5.74) is 9.47. The van der Waals surface area contributed by atoms with Gasteiger partial charge < -0.3 is 5.32 Å². The van der Waals surface area contributed by atoms with E-state index in [-0.39, 0.29) is 0 Å². The average molecular weight is 360 g/mol. The zero-order valence-corrected chi connectivity index (χ0v) is 15.7. The molecule has 2 radical (unpaired) electrons. The van der Waals surface area contributed by atoms with Crippen molar-refractivity contribution in [2.45, 2.75) is 5.92 Å². The van der Waals surface area contributed by atoms with Crippen molar-refractivity contribution >= 4 is 31.3 Å². The third-order valence-electron chi connectivity index (χ3n) is 5.66. The van der Waals surface area contributed by atoms with Gasteiger partial charge >= 0.3 is 0 Å². The fourth-order valence-corrected chi connectivity index (χ4v) is 5.70. The van der Waals surface area contributed by atoms with Gasteiger partial charge in [0.05, 0.1) is 0 Å². The molecule has 1 heterocycles. The summed E-state index contributed by atoms with van der Waals surface area (Å²) in [4.78, 5) is 0. The van der Waals surface area contributed by atoms with E-state index in [1.807, 2.05) is 0 Å². The normalized spacial score (nSPS) is 15.9. The van der Waals surface area contributed by atoms with E-state index in [1.165, 1.54) is 49.6 Å². The van der Waals surface area contributed by atoms with Gasteiger partial charge in [-0.2, -0.15) is 0 Å². The van der Waals surface area contributed by atoms with Crippen LogP contribution in [-0.2, 0) is 0 Å². The lowest BCUT2D eigenvalue weighted by Crippen LogP contribution is -2.35. The maximum Gasteiger partial charge on any atom is 0.127 e. The smallest absolute Gasteiger partial charge is 0.127 e. The third kappa shape index (κ3) is 2.23. The first-order chi connectivity index (χ1) is 13.4. The molecule has 0 spiro atoms. The zero-order chi connectivity index (χ0) is 17.8. The Bertz CT molecular complexity index is 1180. The van der Waals surface area contributed by atoms with Crippen molar-refractivity contribution < 1.29 is 0 Å². The maximum absolute atomic E-state index is 3.66. The number of rotatable bonds is 1. The van der Waals surface area contributed by atoms with Crippen molar-refractivity contribution in [1.82, 2.24) is 0 Å². The Labute approximate surface area is 161 Å². The van der Waals surface area contributed by atoms with Crippen LogP contribution in [0.5, 0.6) is 0 Å². The van der Waals surface area contributed by atoms with Crippen LogP contribution in [0.2, 0.25) is 0 Å². The summed E-state index contributed by atoms with van der Waals surface area (Å²) in [5.74, 6) is 0.324. The molecule has 1 atom stereocenters. The fourth-order valence-electron chi connectivity index (χ4n) is 4.45. The Balaban J connectivity index is 1.57. The number of hydrogen-bond acceptors (Lipinski definition) is 1. The molecule has 0 fully saturated rings. The van der Waals surface area contributed by atoms with Crippen LogP contribution in [-0.4, -0.2) is 9.52 Å². The minimum atomic E-state index is 0.324. The number of para-hydroxylation sites is 1. The van der Waals surface area contributed by atoms with E-state index in [4.69, 9.17) is 0 Å². The molecule has 0 saturated carbocycles. The van der Waals surface area contributed by atoms with Crippen molar-refractivity contribution in [2.75, 3.05) is 5.32 Å². The summed E-state index contributed by atoms with van der Waals surface area (Å²) in [6, 6.07) is 33.2. The first-order valence-electron chi connectivity index (χ1n) is 9.34. The van der Waals surface area contributed by atoms with E-state index in [2.05, 4.69) is 96.3 Å². The number of nitrogens with one attached hydrogen (secondary N) is 1. The van der Waals surface area contributed by atoms with E-state index in [9.17, 15) is 0 Å². The van der Waals surface area contributed by atoms with Crippen molar-refractivity contribution in [2.24, 2.45) is 0 Å². The summed E-state index contributed by atoms with van der Waals surface area (Å²) >= 11 is 0. The van der Waals surface area contributed by atoms with Crippen LogP contribution in [0.4, 0.5) is 11.4 Å². The van der Waals surface area contributed by atoms with E-state index >= 15 is 0 Å². The highest BCUT2D eigenvalue weighted by atomic mass is 28.2. The molecule has 0 amide bonds. The highest BCUT2D eigenvalue weighted by Gasteiger charge is 2.31. The molecule has 126 valence electrons. The molecule has 6 rings (SSSR count). The Morgan fingerprint density at radius 2 is 1.37 bits per heavy atom. The monoisotopic (exact) mass is 359 g/mol. The van der Waals surface area contributed by atoms with Crippen molar-refractivity contribution in [3.05, 3.63) is 108 Å². The summed E-state index contributed by atoms with van der Waals surface area (Å²) in [7, 11) is 0.699. The van der Waals surface area contributed by atoms with Gasteiger partial charge in [0.15, 0.2) is 0 Å². The first-order valence-corrected chi connectivity index (χ1v) is 10.3. The number of anilines is 2. The van der Waals surface area contributed by atoms with Gasteiger partial charge in [-0.1, -0.05) is 78.9 Å². The lowest BCUT2D eigenvalue weighted by Gasteiger charge is -2.23. The molecule has 1 unspecified atom stereocenters. The van der Waals surface area contributed by atoms with Crippen LogP contribution in [0.3, 0.4) is 0 Å². The van der Waals surface area contributed by atoms with Gasteiger partial charge in [-0.3, -0.25) is 0 Å². The standard InChI is InChI=1S/C25H17NSi/c1-2-8-16(9-3-1)25-18-11-5-4-10-17(18)19-14-22-24(15-20(19)25)27-23-13-7-6-12-21(23)26-22/h1-15,25-26H. The molecule has 2 heteroatoms. The SMILES string of the molecule is c1ccc(C2c3ccccc3-c3cc4c(cc32)[Si]c2ccccc2N4)cc1. The Morgan fingerprint density at radius 3 is 2.30 bits per heavy atom. The van der Waals surface area contributed by atoms with Gasteiger partial charge in [0.2, 0.25) is 0 Å². The topological polar surface area (TPSA) is 12.0 Å². The zero-order valence-electron chi connectivity index (χ0n) is 14.7. The number of benzene rings is 4. The molecular formula is C25H17NSi. The summed E-state index contributed by atoms with van der Waals surface area (Å²) in [6.07, 6.45) is 0. The van der Waals surface area contributed by atoms with Gasteiger partial charge in [0.1, 0.15) is 9.52 Å². The van der Waals surface area contributed by atoms with Crippen molar-refractivity contribution in [1.29, 1.82) is 0 Å². The van der Waals surface area contributed by atoms with E-state index in [0.29, 0.717) is 15.4 Å². The van der Waals surface area contributed by atoms with Crippen LogP contribution in [0.1, 0.15) is 22.6 Å². The Morgan fingerprint density at radius 1 is 0.593 bits per heavy atom. The molecule has 27 heavy (non-hydrogen) atoms. The summed E-state index contributed by atoms with van der Waals surface area (Å²) < 4.78 is 0. The molecular weight excluding hydrogens is 342 g/mol. The lowest BCUT2D eigenvalue weighted by molar-refractivity contribution is 1.02. The molecule has 1 N–H and O–H groups in total. The molecule has 1 aliphatic carbocycles. The molecule has 1 nitrogen and oxygen atoms in total. The largest absolute Gasteiger partial charge is 0.356 e. The lowest BCUT2D eigenvalue weighted by atomic mass is 9.89. The molecule has 0 bridgehead atoms. The molecule has 4 aromatic rings. The Hall–Kier alpha value is -3.10. The van der Waals surface area contributed by atoms with E-state index in [1.54, 1.807) is 0 Å². The second kappa shape index (κ2) is 5.70. The van der Waals surface area contributed by atoms with Gasteiger partial charge in [-0.05, 0) is 50.3 Å². The molecule has 1 aliphatic heterocycles. The molecule has 0 saturated heterocycles. The second-order valence-corrected chi connectivity index (χ2v) is 8.54. The summed E-state index contributed by atoms with van der Waals surface area (Å²) in [6.45, 7) is 0. The Kier molecular flexibility index (Phi) is 3.17. The predicted molar refractivity (Wildman–Crippen MR) is 114 cm³/mol. The molecule has 2 aliphatic rings. The van der Waals surface area contributed by atoms with Crippen LogP contribution in [0.25, 0.3) is 11.1 Å². The summed E-state index contributed by atoms with van der Waals surface area (Å²) in [5, 5.41) is 6.48. The van der Waals surface area contributed by atoms with Crippen LogP contribution < -0.4 is 15.7 Å².